The number of hydrogen-bond donors (Lipinski definition) is 0. The molecule has 2 aromatic carbocycles. The second-order valence-corrected chi connectivity index (χ2v) is 7.32. The summed E-state index contributed by atoms with van der Waals surface area (Å²) in [5, 5.41) is 0. The van der Waals surface area contributed by atoms with Crippen molar-refractivity contribution in [1.82, 2.24) is 0 Å². The zero-order chi connectivity index (χ0) is 20.1. The average molecular weight is 364 g/mol. The van der Waals surface area contributed by atoms with E-state index in [9.17, 15) is 0 Å². The highest BCUT2D eigenvalue weighted by Crippen LogP contribution is 2.22. The van der Waals surface area contributed by atoms with Crippen molar-refractivity contribution in [2.45, 2.75) is 54.4 Å². The first kappa shape index (κ1) is 21.1. The van der Waals surface area contributed by atoms with Gasteiger partial charge >= 0.3 is 0 Å². The molecule has 2 rings (SSSR count). The van der Waals surface area contributed by atoms with Crippen LogP contribution in [0, 0.1) is 27.7 Å². The number of allylic oxidation sites excluding steroid dienone is 2. The fourth-order valence-corrected chi connectivity index (χ4v) is 4.26. The Balaban J connectivity index is 2.82. The number of rotatable bonds is 7. The molecule has 0 radical (unpaired) electrons. The van der Waals surface area contributed by atoms with Gasteiger partial charge < -0.3 is 9.47 Å². The first-order valence-electron chi connectivity index (χ1n) is 9.86. The van der Waals surface area contributed by atoms with Gasteiger partial charge in [0.05, 0.1) is 14.2 Å². The lowest BCUT2D eigenvalue weighted by molar-refractivity contribution is 0.414. The van der Waals surface area contributed by atoms with Crippen LogP contribution in [-0.4, -0.2) is 20.9 Å². The van der Waals surface area contributed by atoms with Gasteiger partial charge in [-0.2, -0.15) is 0 Å². The number of aryl methyl sites for hydroxylation is 4. The molecule has 0 saturated carbocycles. The summed E-state index contributed by atoms with van der Waals surface area (Å²) in [7, 11) is 3.47. The van der Waals surface area contributed by atoms with Crippen molar-refractivity contribution in [3.8, 4) is 11.5 Å². The van der Waals surface area contributed by atoms with Crippen LogP contribution < -0.4 is 20.4 Å². The summed E-state index contributed by atoms with van der Waals surface area (Å²) in [5.74, 6) is 1.85. The van der Waals surface area contributed by atoms with E-state index in [4.69, 9.17) is 9.47 Å². The van der Waals surface area contributed by atoms with Gasteiger partial charge in [-0.15, -0.1) is 0 Å². The topological polar surface area (TPSA) is 18.5 Å². The smallest absolute Gasteiger partial charge is 0.238 e. The molecule has 0 atom stereocenters. The zero-order valence-electron chi connectivity index (χ0n) is 18.2. The molecule has 144 valence electrons. The molecule has 0 unspecified atom stereocenters. The van der Waals surface area contributed by atoms with Gasteiger partial charge in [0.1, 0.15) is 11.5 Å². The van der Waals surface area contributed by atoms with E-state index in [2.05, 4.69) is 71.9 Å². The first-order chi connectivity index (χ1) is 12.9. The van der Waals surface area contributed by atoms with Crippen LogP contribution in [0.3, 0.4) is 0 Å². The molecule has 3 heteroatoms. The van der Waals surface area contributed by atoms with Crippen LogP contribution in [0.2, 0.25) is 0 Å². The highest BCUT2D eigenvalue weighted by atomic mass is 16.5. The largest absolute Gasteiger partial charge is 0.497 e. The minimum absolute atomic E-state index is 0.256. The summed E-state index contributed by atoms with van der Waals surface area (Å²) in [6.45, 7) is 13.5. The van der Waals surface area contributed by atoms with E-state index < -0.39 is 0 Å². The van der Waals surface area contributed by atoms with E-state index >= 15 is 0 Å². The summed E-state index contributed by atoms with van der Waals surface area (Å²) >= 11 is 0. The third-order valence-electron chi connectivity index (χ3n) is 5.43. The molecule has 0 aliphatic rings. The standard InChI is InChI=1S/C24H33BO2/c1-9-11-20(10-2)25(23-16(3)12-21(26-7)13-17(23)4)24-18(5)14-22(27-8)15-19(24)6/h11-15H,9-10H2,1-8H3/b20-11+. The Labute approximate surface area is 165 Å². The normalized spacial score (nSPS) is 11.5. The van der Waals surface area contributed by atoms with E-state index in [-0.39, 0.29) is 6.71 Å². The van der Waals surface area contributed by atoms with E-state index in [1.807, 2.05) is 0 Å². The second kappa shape index (κ2) is 9.17. The molecule has 0 aliphatic heterocycles. The average Bonchev–Trinajstić information content (AvgIpc) is 2.63. The number of methoxy groups -OCH3 is 2. The van der Waals surface area contributed by atoms with E-state index in [0.29, 0.717) is 0 Å². The SMILES string of the molecule is CC/C=C(\CC)B(c1c(C)cc(OC)cc1C)c1c(C)cc(OC)cc1C. The lowest BCUT2D eigenvalue weighted by atomic mass is 9.33. The summed E-state index contributed by atoms with van der Waals surface area (Å²) in [6.07, 6.45) is 4.48. The molecular weight excluding hydrogens is 331 g/mol. The molecule has 2 aromatic rings. The predicted molar refractivity (Wildman–Crippen MR) is 119 cm³/mol. The quantitative estimate of drug-likeness (QED) is 0.655. The van der Waals surface area contributed by atoms with Gasteiger partial charge in [0.25, 0.3) is 0 Å². The molecule has 0 aromatic heterocycles. The number of ether oxygens (including phenoxy) is 2. The van der Waals surface area contributed by atoms with Crippen molar-refractivity contribution in [3.05, 3.63) is 58.1 Å². The van der Waals surface area contributed by atoms with Gasteiger partial charge in [-0.05, 0) is 64.8 Å². The van der Waals surface area contributed by atoms with Crippen LogP contribution in [0.5, 0.6) is 11.5 Å². The maximum atomic E-state index is 5.50. The van der Waals surface area contributed by atoms with Gasteiger partial charge in [0.2, 0.25) is 6.71 Å². The Hall–Kier alpha value is -2.16. The van der Waals surface area contributed by atoms with Gasteiger partial charge in [-0.25, -0.2) is 0 Å². The maximum Gasteiger partial charge on any atom is 0.238 e. The van der Waals surface area contributed by atoms with Crippen molar-refractivity contribution in [3.63, 3.8) is 0 Å². The Morgan fingerprint density at radius 2 is 1.15 bits per heavy atom. The molecule has 0 amide bonds. The van der Waals surface area contributed by atoms with Crippen molar-refractivity contribution in [2.75, 3.05) is 14.2 Å². The van der Waals surface area contributed by atoms with Crippen LogP contribution in [0.1, 0.15) is 48.9 Å². The highest BCUT2D eigenvalue weighted by molar-refractivity contribution is 6.92. The van der Waals surface area contributed by atoms with Crippen molar-refractivity contribution < 1.29 is 9.47 Å². The first-order valence-corrected chi connectivity index (χ1v) is 9.86. The summed E-state index contributed by atoms with van der Waals surface area (Å²) in [5.41, 5.74) is 9.39. The minimum atomic E-state index is 0.256. The van der Waals surface area contributed by atoms with Crippen LogP contribution in [0.4, 0.5) is 0 Å². The molecule has 2 nitrogen and oxygen atoms in total. The van der Waals surface area contributed by atoms with Gasteiger partial charge in [-0.1, -0.05) is 58.6 Å². The summed E-state index contributed by atoms with van der Waals surface area (Å²) in [6, 6.07) is 8.62. The lowest BCUT2D eigenvalue weighted by Crippen LogP contribution is -2.49. The summed E-state index contributed by atoms with van der Waals surface area (Å²) < 4.78 is 11.0. The van der Waals surface area contributed by atoms with Crippen LogP contribution in [-0.2, 0) is 0 Å². The third kappa shape index (κ3) is 4.40. The molecular formula is C24H33BO2. The van der Waals surface area contributed by atoms with Gasteiger partial charge in [0.15, 0.2) is 0 Å². The van der Waals surface area contributed by atoms with Crippen LogP contribution >= 0.6 is 0 Å². The third-order valence-corrected chi connectivity index (χ3v) is 5.43. The molecule has 0 bridgehead atoms. The van der Waals surface area contributed by atoms with Crippen molar-refractivity contribution >= 4 is 17.6 Å². The molecule has 0 heterocycles. The number of benzene rings is 2. The van der Waals surface area contributed by atoms with Crippen LogP contribution in [0.25, 0.3) is 0 Å². The van der Waals surface area contributed by atoms with E-state index in [1.165, 1.54) is 38.7 Å². The van der Waals surface area contributed by atoms with Gasteiger partial charge in [0, 0.05) is 0 Å². The van der Waals surface area contributed by atoms with E-state index in [0.717, 1.165) is 24.3 Å². The van der Waals surface area contributed by atoms with Crippen molar-refractivity contribution in [1.29, 1.82) is 0 Å². The van der Waals surface area contributed by atoms with Crippen molar-refractivity contribution in [2.24, 2.45) is 0 Å². The summed E-state index contributed by atoms with van der Waals surface area (Å²) in [4.78, 5) is 0. The monoisotopic (exact) mass is 364 g/mol. The minimum Gasteiger partial charge on any atom is -0.497 e. The molecule has 0 N–H and O–H groups in total. The highest BCUT2D eigenvalue weighted by Gasteiger charge is 2.29. The van der Waals surface area contributed by atoms with Crippen LogP contribution in [0.15, 0.2) is 35.8 Å². The maximum absolute atomic E-state index is 5.50. The molecule has 27 heavy (non-hydrogen) atoms. The van der Waals surface area contributed by atoms with E-state index in [1.54, 1.807) is 14.2 Å². The molecule has 0 spiro atoms. The zero-order valence-corrected chi connectivity index (χ0v) is 18.2. The Morgan fingerprint density at radius 1 is 0.778 bits per heavy atom. The second-order valence-electron chi connectivity index (χ2n) is 7.32. The Bertz CT molecular complexity index is 731. The Morgan fingerprint density at radius 3 is 1.41 bits per heavy atom. The number of hydrogen-bond acceptors (Lipinski definition) is 2. The Kier molecular flexibility index (Phi) is 7.18. The molecule has 0 saturated heterocycles. The molecule has 0 aliphatic carbocycles. The fraction of sp³-hybridized carbons (Fsp3) is 0.417. The predicted octanol–water partition coefficient (Wildman–Crippen LogP) is 4.83. The molecule has 0 fully saturated rings. The fourth-order valence-electron chi connectivity index (χ4n) is 4.26. The lowest BCUT2D eigenvalue weighted by Gasteiger charge is -2.26. The van der Waals surface area contributed by atoms with Gasteiger partial charge in [-0.3, -0.25) is 0 Å².